The molecule has 0 aliphatic carbocycles. The molecule has 0 radical (unpaired) electrons. The Bertz CT molecular complexity index is 458. The number of carbonyl (C=O) groups excluding carboxylic acids is 2. The summed E-state index contributed by atoms with van der Waals surface area (Å²) in [5.41, 5.74) is 1.12. The van der Waals surface area contributed by atoms with Gasteiger partial charge in [-0.1, -0.05) is 0 Å². The average molecular weight is 264 g/mol. The van der Waals surface area contributed by atoms with Crippen LogP contribution in [-0.2, 0) is 16.1 Å². The molecule has 1 aromatic rings. The summed E-state index contributed by atoms with van der Waals surface area (Å²) in [7, 11) is 0. The van der Waals surface area contributed by atoms with E-state index in [1.807, 2.05) is 16.8 Å². The molecular weight excluding hydrogens is 248 g/mol. The van der Waals surface area contributed by atoms with Crippen LogP contribution < -0.4 is 0 Å². The largest absolute Gasteiger partial charge is 0.329 e. The Morgan fingerprint density at radius 2 is 2.22 bits per heavy atom. The number of thiophene rings is 1. The van der Waals surface area contributed by atoms with Crippen molar-refractivity contribution in [1.29, 1.82) is 0 Å². The first-order valence-corrected chi connectivity index (χ1v) is 7.29. The van der Waals surface area contributed by atoms with E-state index in [0.29, 0.717) is 6.54 Å². The molecule has 1 unspecified atom stereocenters. The smallest absolute Gasteiger partial charge is 0.246 e. The summed E-state index contributed by atoms with van der Waals surface area (Å²) >= 11 is 1.62. The average Bonchev–Trinajstić information content (AvgIpc) is 2.89. The second-order valence-corrected chi connectivity index (χ2v) is 5.70. The number of hydrogen-bond acceptors (Lipinski definition) is 3. The molecule has 5 heteroatoms. The predicted molar refractivity (Wildman–Crippen MR) is 69.1 cm³/mol. The Morgan fingerprint density at radius 3 is 3.00 bits per heavy atom. The van der Waals surface area contributed by atoms with Crippen molar-refractivity contribution >= 4 is 23.2 Å². The molecule has 2 fully saturated rings. The van der Waals surface area contributed by atoms with Crippen molar-refractivity contribution in [3.05, 3.63) is 22.4 Å². The molecule has 0 aromatic carbocycles. The molecule has 0 saturated carbocycles. The van der Waals surface area contributed by atoms with Crippen LogP contribution in [0.15, 0.2) is 16.8 Å². The van der Waals surface area contributed by atoms with Gasteiger partial charge in [0, 0.05) is 13.1 Å². The van der Waals surface area contributed by atoms with Crippen molar-refractivity contribution in [3.63, 3.8) is 0 Å². The number of hydrogen-bond donors (Lipinski definition) is 0. The number of rotatable bonds is 2. The third-order valence-corrected chi connectivity index (χ3v) is 4.43. The van der Waals surface area contributed by atoms with Crippen molar-refractivity contribution < 1.29 is 9.59 Å². The molecule has 2 amide bonds. The van der Waals surface area contributed by atoms with E-state index >= 15 is 0 Å². The van der Waals surface area contributed by atoms with E-state index in [9.17, 15) is 9.59 Å². The zero-order valence-corrected chi connectivity index (χ0v) is 11.0. The van der Waals surface area contributed by atoms with Gasteiger partial charge in [-0.25, -0.2) is 0 Å². The Labute approximate surface area is 110 Å². The third-order valence-electron chi connectivity index (χ3n) is 3.70. The number of carbonyl (C=O) groups is 2. The zero-order valence-electron chi connectivity index (χ0n) is 10.2. The maximum Gasteiger partial charge on any atom is 0.246 e. The lowest BCUT2D eigenvalue weighted by Crippen LogP contribution is -2.60. The number of amides is 2. The SMILES string of the molecule is O=C1C2CCCCN2C(=O)CN1Cc1ccsc1. The summed E-state index contributed by atoms with van der Waals surface area (Å²) < 4.78 is 0. The van der Waals surface area contributed by atoms with E-state index in [1.54, 1.807) is 21.1 Å². The van der Waals surface area contributed by atoms with Gasteiger partial charge in [-0.05, 0) is 41.7 Å². The van der Waals surface area contributed by atoms with E-state index in [2.05, 4.69) is 0 Å². The predicted octanol–water partition coefficient (Wildman–Crippen LogP) is 1.47. The normalized spacial score (nSPS) is 24.3. The minimum atomic E-state index is -0.196. The van der Waals surface area contributed by atoms with Gasteiger partial charge in [-0.15, -0.1) is 0 Å². The van der Waals surface area contributed by atoms with E-state index in [1.165, 1.54) is 0 Å². The lowest BCUT2D eigenvalue weighted by molar-refractivity contribution is -0.158. The van der Waals surface area contributed by atoms with Crippen LogP contribution in [-0.4, -0.2) is 40.7 Å². The van der Waals surface area contributed by atoms with Gasteiger partial charge in [0.15, 0.2) is 0 Å². The maximum atomic E-state index is 12.4. The van der Waals surface area contributed by atoms with Gasteiger partial charge < -0.3 is 9.80 Å². The van der Waals surface area contributed by atoms with Crippen LogP contribution in [0.2, 0.25) is 0 Å². The molecule has 2 saturated heterocycles. The summed E-state index contributed by atoms with van der Waals surface area (Å²) in [6, 6.07) is 1.81. The van der Waals surface area contributed by atoms with Crippen LogP contribution in [0.4, 0.5) is 0 Å². The van der Waals surface area contributed by atoms with Gasteiger partial charge in [0.1, 0.15) is 12.6 Å². The van der Waals surface area contributed by atoms with Gasteiger partial charge in [-0.3, -0.25) is 9.59 Å². The lowest BCUT2D eigenvalue weighted by Gasteiger charge is -2.42. The third kappa shape index (κ3) is 2.03. The summed E-state index contributed by atoms with van der Waals surface area (Å²) in [6.45, 7) is 1.56. The lowest BCUT2D eigenvalue weighted by atomic mass is 9.98. The number of fused-ring (bicyclic) bond motifs is 1. The highest BCUT2D eigenvalue weighted by atomic mass is 32.1. The topological polar surface area (TPSA) is 40.6 Å². The van der Waals surface area contributed by atoms with Crippen LogP contribution in [0.1, 0.15) is 24.8 Å². The molecule has 1 atom stereocenters. The molecule has 2 aliphatic rings. The summed E-state index contributed by atoms with van der Waals surface area (Å²) in [5.74, 6) is 0.232. The van der Waals surface area contributed by atoms with E-state index in [4.69, 9.17) is 0 Å². The molecule has 3 heterocycles. The van der Waals surface area contributed by atoms with Crippen molar-refractivity contribution in [3.8, 4) is 0 Å². The van der Waals surface area contributed by atoms with Crippen molar-refractivity contribution in [2.45, 2.75) is 31.8 Å². The minimum Gasteiger partial charge on any atom is -0.329 e. The summed E-state index contributed by atoms with van der Waals surface area (Å²) in [4.78, 5) is 27.9. The van der Waals surface area contributed by atoms with Gasteiger partial charge in [0.2, 0.25) is 11.8 Å². The van der Waals surface area contributed by atoms with Crippen molar-refractivity contribution in [1.82, 2.24) is 9.80 Å². The Hall–Kier alpha value is -1.36. The van der Waals surface area contributed by atoms with Crippen LogP contribution in [0, 0.1) is 0 Å². The van der Waals surface area contributed by atoms with E-state index in [0.717, 1.165) is 31.4 Å². The fraction of sp³-hybridized carbons (Fsp3) is 0.538. The molecule has 0 N–H and O–H groups in total. The first kappa shape index (κ1) is 11.7. The summed E-state index contributed by atoms with van der Waals surface area (Å²) in [6.07, 6.45) is 2.90. The first-order chi connectivity index (χ1) is 8.75. The van der Waals surface area contributed by atoms with Crippen LogP contribution in [0.3, 0.4) is 0 Å². The Morgan fingerprint density at radius 1 is 1.33 bits per heavy atom. The van der Waals surface area contributed by atoms with Crippen LogP contribution in [0.25, 0.3) is 0 Å². The molecule has 3 rings (SSSR count). The zero-order chi connectivity index (χ0) is 12.5. The van der Waals surface area contributed by atoms with E-state index in [-0.39, 0.29) is 24.4 Å². The minimum absolute atomic E-state index is 0.106. The van der Waals surface area contributed by atoms with Crippen molar-refractivity contribution in [2.75, 3.05) is 13.1 Å². The molecule has 4 nitrogen and oxygen atoms in total. The molecule has 96 valence electrons. The van der Waals surface area contributed by atoms with E-state index < -0.39 is 0 Å². The molecular formula is C13H16N2O2S. The van der Waals surface area contributed by atoms with Crippen molar-refractivity contribution in [2.24, 2.45) is 0 Å². The highest BCUT2D eigenvalue weighted by Gasteiger charge is 2.40. The standard InChI is InChI=1S/C13H16N2O2S/c16-12-8-14(7-10-4-6-18-9-10)13(17)11-3-1-2-5-15(11)12/h4,6,9,11H,1-3,5,7-8H2. The maximum absolute atomic E-state index is 12.4. The molecule has 2 aliphatic heterocycles. The monoisotopic (exact) mass is 264 g/mol. The number of nitrogens with zero attached hydrogens (tertiary/aromatic N) is 2. The second kappa shape index (κ2) is 4.72. The van der Waals surface area contributed by atoms with Gasteiger partial charge in [0.25, 0.3) is 0 Å². The highest BCUT2D eigenvalue weighted by Crippen LogP contribution is 2.24. The molecule has 18 heavy (non-hydrogen) atoms. The molecule has 0 spiro atoms. The van der Waals surface area contributed by atoms with Gasteiger partial charge in [-0.2, -0.15) is 11.3 Å². The van der Waals surface area contributed by atoms with Gasteiger partial charge >= 0.3 is 0 Å². The second-order valence-electron chi connectivity index (χ2n) is 4.92. The highest BCUT2D eigenvalue weighted by molar-refractivity contribution is 7.07. The number of piperidine rings is 1. The quantitative estimate of drug-likeness (QED) is 0.811. The fourth-order valence-electron chi connectivity index (χ4n) is 2.77. The number of piperazine rings is 1. The molecule has 0 bridgehead atoms. The van der Waals surface area contributed by atoms with Gasteiger partial charge in [0.05, 0.1) is 0 Å². The molecule has 1 aromatic heterocycles. The fourth-order valence-corrected chi connectivity index (χ4v) is 3.43. The Balaban J connectivity index is 1.76. The Kier molecular flexibility index (Phi) is 3.07. The van der Waals surface area contributed by atoms with Crippen LogP contribution >= 0.6 is 11.3 Å². The summed E-state index contributed by atoms with van der Waals surface area (Å²) in [5, 5.41) is 4.03. The van der Waals surface area contributed by atoms with Crippen LogP contribution in [0.5, 0.6) is 0 Å². The first-order valence-electron chi connectivity index (χ1n) is 6.35.